The highest BCUT2D eigenvalue weighted by atomic mass is 35.5. The Kier molecular flexibility index (Phi) is 4.17. The number of nitrogens with one attached hydrogen (secondary N) is 1. The van der Waals surface area contributed by atoms with E-state index in [1.165, 1.54) is 22.8 Å². The maximum Gasteiger partial charge on any atom is 0.268 e. The molecule has 1 aliphatic heterocycles. The first-order valence-electron chi connectivity index (χ1n) is 6.90. The van der Waals surface area contributed by atoms with Crippen molar-refractivity contribution in [1.82, 2.24) is 19.3 Å². The van der Waals surface area contributed by atoms with Crippen LogP contribution in [0.1, 0.15) is 12.8 Å². The minimum atomic E-state index is -3.16. The highest BCUT2D eigenvalue weighted by Gasteiger charge is 2.22. The van der Waals surface area contributed by atoms with Gasteiger partial charge in [0.1, 0.15) is 10.7 Å². The average molecular weight is 356 g/mol. The molecule has 2 aromatic rings. The van der Waals surface area contributed by atoms with Crippen LogP contribution < -0.4 is 5.56 Å². The fraction of sp³-hybridized carbons (Fsp3) is 0.385. The summed E-state index contributed by atoms with van der Waals surface area (Å²) in [6, 6.07) is 1.50. The van der Waals surface area contributed by atoms with Crippen LogP contribution in [0.15, 0.2) is 22.1 Å². The van der Waals surface area contributed by atoms with Gasteiger partial charge >= 0.3 is 0 Å². The van der Waals surface area contributed by atoms with E-state index in [9.17, 15) is 13.2 Å². The second-order valence-electron chi connectivity index (χ2n) is 5.26. The van der Waals surface area contributed by atoms with Crippen LogP contribution in [0.2, 0.25) is 5.02 Å². The van der Waals surface area contributed by atoms with E-state index in [1.54, 1.807) is 0 Å². The lowest BCUT2D eigenvalue weighted by atomic mass is 10.1. The van der Waals surface area contributed by atoms with Crippen molar-refractivity contribution in [2.24, 2.45) is 4.99 Å². The number of aliphatic imine (C=N–C) groups is 1. The lowest BCUT2D eigenvalue weighted by molar-refractivity contribution is 0.415. The van der Waals surface area contributed by atoms with Crippen LogP contribution in [-0.4, -0.2) is 52.7 Å². The van der Waals surface area contributed by atoms with Gasteiger partial charge in [0.2, 0.25) is 10.0 Å². The van der Waals surface area contributed by atoms with E-state index >= 15 is 0 Å². The normalized spacial score (nSPS) is 16.7. The van der Waals surface area contributed by atoms with Crippen molar-refractivity contribution in [1.29, 1.82) is 0 Å². The highest BCUT2D eigenvalue weighted by molar-refractivity contribution is 7.88. The summed E-state index contributed by atoms with van der Waals surface area (Å²) in [6.45, 7) is 0.801. The van der Waals surface area contributed by atoms with Crippen molar-refractivity contribution in [3.63, 3.8) is 0 Å². The molecule has 2 aromatic heterocycles. The third kappa shape index (κ3) is 3.57. The first-order valence-corrected chi connectivity index (χ1v) is 9.13. The number of H-pyrrole nitrogens is 1. The number of aromatic nitrogens is 3. The second kappa shape index (κ2) is 5.99. The molecule has 0 atom stereocenters. The molecule has 0 bridgehead atoms. The first-order chi connectivity index (χ1) is 10.8. The van der Waals surface area contributed by atoms with E-state index < -0.39 is 15.6 Å². The van der Waals surface area contributed by atoms with Crippen LogP contribution in [0.3, 0.4) is 0 Å². The molecule has 1 aliphatic rings. The molecule has 1 fully saturated rings. The molecule has 0 aliphatic carbocycles. The predicted molar refractivity (Wildman–Crippen MR) is 87.9 cm³/mol. The van der Waals surface area contributed by atoms with Crippen LogP contribution in [-0.2, 0) is 10.0 Å². The van der Waals surface area contributed by atoms with Gasteiger partial charge in [0.05, 0.1) is 6.26 Å². The van der Waals surface area contributed by atoms with Gasteiger partial charge in [-0.1, -0.05) is 11.6 Å². The number of pyridine rings is 1. The van der Waals surface area contributed by atoms with Crippen molar-refractivity contribution in [2.75, 3.05) is 19.3 Å². The first kappa shape index (κ1) is 16.0. The number of piperidine rings is 1. The Hall–Kier alpha value is -1.84. The maximum atomic E-state index is 11.5. The van der Waals surface area contributed by atoms with Gasteiger partial charge in [-0.2, -0.15) is 4.98 Å². The molecule has 0 unspecified atom stereocenters. The van der Waals surface area contributed by atoms with E-state index in [4.69, 9.17) is 11.6 Å². The zero-order chi connectivity index (χ0) is 16.6. The molecule has 0 aromatic carbocycles. The molecule has 10 heteroatoms. The Morgan fingerprint density at radius 2 is 2.04 bits per heavy atom. The van der Waals surface area contributed by atoms with Crippen LogP contribution in [0.5, 0.6) is 0 Å². The monoisotopic (exact) mass is 355 g/mol. The molecule has 122 valence electrons. The third-order valence-electron chi connectivity index (χ3n) is 3.56. The van der Waals surface area contributed by atoms with Gasteiger partial charge in [-0.25, -0.2) is 22.7 Å². The minimum absolute atomic E-state index is 0.0771. The van der Waals surface area contributed by atoms with Crippen molar-refractivity contribution >= 4 is 44.3 Å². The fourth-order valence-electron chi connectivity index (χ4n) is 2.34. The smallest absolute Gasteiger partial charge is 0.268 e. The third-order valence-corrected chi connectivity index (χ3v) is 5.15. The number of nitrogens with zero attached hydrogens (tertiary/aromatic N) is 4. The number of fused-ring (bicyclic) bond motifs is 1. The fourth-order valence-corrected chi connectivity index (χ4v) is 3.35. The zero-order valence-electron chi connectivity index (χ0n) is 12.3. The molecule has 8 nitrogen and oxygen atoms in total. The SMILES string of the molecule is CS(=O)(=O)N1CCC(=Nc2ncc3cc(Cl)c(=O)[nH]c3n2)CC1. The van der Waals surface area contributed by atoms with Crippen molar-refractivity contribution in [2.45, 2.75) is 12.8 Å². The van der Waals surface area contributed by atoms with Gasteiger partial charge in [-0.05, 0) is 18.9 Å². The lowest BCUT2D eigenvalue weighted by Gasteiger charge is -2.25. The van der Waals surface area contributed by atoms with Gasteiger partial charge in [-0.15, -0.1) is 0 Å². The summed E-state index contributed by atoms with van der Waals surface area (Å²) in [5, 5.41) is 0.693. The summed E-state index contributed by atoms with van der Waals surface area (Å²) in [4.78, 5) is 26.8. The molecular weight excluding hydrogens is 342 g/mol. The number of aromatic amines is 1. The summed E-state index contributed by atoms with van der Waals surface area (Å²) in [5.41, 5.74) is 0.779. The van der Waals surface area contributed by atoms with Crippen LogP contribution in [0, 0.1) is 0 Å². The number of halogens is 1. The Balaban J connectivity index is 1.84. The molecule has 23 heavy (non-hydrogen) atoms. The lowest BCUT2D eigenvalue weighted by Crippen LogP contribution is -2.37. The number of hydrogen-bond acceptors (Lipinski definition) is 6. The van der Waals surface area contributed by atoms with Gasteiger partial charge in [-0.3, -0.25) is 4.79 Å². The van der Waals surface area contributed by atoms with Crippen molar-refractivity contribution < 1.29 is 8.42 Å². The van der Waals surface area contributed by atoms with Gasteiger partial charge in [0.15, 0.2) is 0 Å². The van der Waals surface area contributed by atoms with Crippen LogP contribution in [0.25, 0.3) is 11.0 Å². The second-order valence-corrected chi connectivity index (χ2v) is 7.65. The van der Waals surface area contributed by atoms with E-state index in [0.29, 0.717) is 37.0 Å². The maximum absolute atomic E-state index is 11.5. The molecule has 0 saturated carbocycles. The summed E-state index contributed by atoms with van der Waals surface area (Å²) in [7, 11) is -3.16. The number of rotatable bonds is 2. The van der Waals surface area contributed by atoms with E-state index in [-0.39, 0.29) is 11.0 Å². The highest BCUT2D eigenvalue weighted by Crippen LogP contribution is 2.17. The Morgan fingerprint density at radius 1 is 1.35 bits per heavy atom. The molecular formula is C13H14ClN5O3S. The van der Waals surface area contributed by atoms with Crippen molar-refractivity contribution in [3.05, 3.63) is 27.6 Å². The minimum Gasteiger partial charge on any atom is -0.305 e. The molecule has 0 amide bonds. The predicted octanol–water partition coefficient (Wildman–Crippen LogP) is 1.10. The van der Waals surface area contributed by atoms with Gasteiger partial charge < -0.3 is 4.98 Å². The Bertz CT molecular complexity index is 944. The quantitative estimate of drug-likeness (QED) is 0.867. The average Bonchev–Trinajstić information content (AvgIpc) is 2.48. The molecule has 0 spiro atoms. The summed E-state index contributed by atoms with van der Waals surface area (Å²) in [5.74, 6) is 0.235. The van der Waals surface area contributed by atoms with Gasteiger partial charge in [0.25, 0.3) is 11.5 Å². The summed E-state index contributed by atoms with van der Waals surface area (Å²) >= 11 is 5.75. The molecule has 1 saturated heterocycles. The Morgan fingerprint density at radius 3 is 2.70 bits per heavy atom. The number of sulfonamides is 1. The van der Waals surface area contributed by atoms with E-state index in [0.717, 1.165) is 5.71 Å². The standard InChI is InChI=1S/C13H14ClN5O3S/c1-23(21,22)19-4-2-9(3-5-19)16-13-15-7-8-6-10(14)12(20)17-11(8)18-13/h6-7H,2-5H2,1H3,(H,15,17,18,20). The van der Waals surface area contributed by atoms with E-state index in [1.807, 2.05) is 0 Å². The van der Waals surface area contributed by atoms with Crippen molar-refractivity contribution in [3.8, 4) is 0 Å². The summed E-state index contributed by atoms with van der Waals surface area (Å²) in [6.07, 6.45) is 3.80. The molecule has 3 rings (SSSR count). The Labute approximate surface area is 137 Å². The molecule has 0 radical (unpaired) electrons. The van der Waals surface area contributed by atoms with Gasteiger partial charge in [0, 0.05) is 30.4 Å². The summed E-state index contributed by atoms with van der Waals surface area (Å²) < 4.78 is 24.4. The largest absolute Gasteiger partial charge is 0.305 e. The van der Waals surface area contributed by atoms with E-state index in [2.05, 4.69) is 19.9 Å². The van der Waals surface area contributed by atoms with Crippen LogP contribution >= 0.6 is 11.6 Å². The molecule has 1 N–H and O–H groups in total. The molecule has 3 heterocycles. The zero-order valence-corrected chi connectivity index (χ0v) is 13.9. The van der Waals surface area contributed by atoms with Crippen LogP contribution in [0.4, 0.5) is 5.95 Å². The number of hydrogen-bond donors (Lipinski definition) is 1. The topological polar surface area (TPSA) is 108 Å².